The first-order valence-corrected chi connectivity index (χ1v) is 20.0. The van der Waals surface area contributed by atoms with Gasteiger partial charge in [0, 0.05) is 13.0 Å². The van der Waals surface area contributed by atoms with E-state index >= 15 is 0 Å². The van der Waals surface area contributed by atoms with Gasteiger partial charge in [-0.05, 0) is 12.8 Å². The van der Waals surface area contributed by atoms with Crippen LogP contribution < -0.4 is 0 Å². The Morgan fingerprint density at radius 2 is 1.00 bits per heavy atom. The summed E-state index contributed by atoms with van der Waals surface area (Å²) in [4.78, 5) is 22.4. The summed E-state index contributed by atoms with van der Waals surface area (Å²) in [6.07, 6.45) is 27.7. The van der Waals surface area contributed by atoms with Crippen molar-refractivity contribution in [1.29, 1.82) is 0 Å². The summed E-state index contributed by atoms with van der Waals surface area (Å²) >= 11 is 0. The van der Waals surface area contributed by atoms with E-state index in [1.54, 1.807) is 0 Å². The van der Waals surface area contributed by atoms with Crippen LogP contribution >= 0.6 is 7.82 Å². The van der Waals surface area contributed by atoms with Crippen molar-refractivity contribution >= 4 is 13.8 Å². The summed E-state index contributed by atoms with van der Waals surface area (Å²) in [5, 5.41) is 18.2. The van der Waals surface area contributed by atoms with E-state index in [9.17, 15) is 19.4 Å². The van der Waals surface area contributed by atoms with Gasteiger partial charge in [-0.1, -0.05) is 155 Å². The van der Waals surface area contributed by atoms with Gasteiger partial charge in [0.2, 0.25) is 0 Å². The molecule has 3 atom stereocenters. The summed E-state index contributed by atoms with van der Waals surface area (Å²) in [6.45, 7) is 3.52. The zero-order valence-corrected chi connectivity index (χ0v) is 30.0. The Balaban J connectivity index is 4.18. The summed E-state index contributed by atoms with van der Waals surface area (Å²) in [5.74, 6) is -0.380. The van der Waals surface area contributed by atoms with Gasteiger partial charge in [-0.2, -0.15) is 0 Å². The zero-order valence-electron chi connectivity index (χ0n) is 29.1. The molecule has 0 spiro atoms. The molecular weight excluding hydrogens is 595 g/mol. The number of carbonyl (C=O) groups excluding carboxylic acids is 1. The van der Waals surface area contributed by atoms with Gasteiger partial charge in [0.1, 0.15) is 12.2 Å². The topological polar surface area (TPSA) is 132 Å². The Bertz CT molecular complexity index is 680. The highest BCUT2D eigenvalue weighted by molar-refractivity contribution is 7.47. The Morgan fingerprint density at radius 3 is 1.44 bits per heavy atom. The fraction of sp³-hybridized carbons (Fsp3) is 0.971. The molecular formula is C35H71O9P. The second-order valence-electron chi connectivity index (χ2n) is 12.6. The average Bonchev–Trinajstić information content (AvgIpc) is 3.03. The molecule has 0 aromatic heterocycles. The standard InChI is InChI=1S/C35H71O9P/c1-3-5-7-9-11-13-14-15-16-17-18-19-21-23-25-27-35(38)44-34(32-43-45(39,40)42-30-33(37)29-36)31-41-28-26-24-22-20-12-10-8-6-4-2/h33-34,36-37H,3-32H2,1-2H3,(H,39,40). The molecule has 0 bridgehead atoms. The number of carbonyl (C=O) groups is 1. The summed E-state index contributed by atoms with van der Waals surface area (Å²) < 4.78 is 33.1. The third kappa shape index (κ3) is 33.2. The van der Waals surface area contributed by atoms with Crippen molar-refractivity contribution in [2.75, 3.05) is 33.0 Å². The molecule has 0 fully saturated rings. The first kappa shape index (κ1) is 44.5. The van der Waals surface area contributed by atoms with Gasteiger partial charge in [0.25, 0.3) is 0 Å². The van der Waals surface area contributed by atoms with Gasteiger partial charge >= 0.3 is 13.8 Å². The number of phosphoric ester groups is 1. The van der Waals surface area contributed by atoms with Gasteiger partial charge in [-0.25, -0.2) is 4.57 Å². The fourth-order valence-electron chi connectivity index (χ4n) is 5.18. The molecule has 0 aliphatic rings. The first-order chi connectivity index (χ1) is 21.8. The second-order valence-corrected chi connectivity index (χ2v) is 14.1. The predicted octanol–water partition coefficient (Wildman–Crippen LogP) is 9.19. The van der Waals surface area contributed by atoms with Crippen LogP contribution in [0.5, 0.6) is 0 Å². The predicted molar refractivity (Wildman–Crippen MR) is 182 cm³/mol. The van der Waals surface area contributed by atoms with Gasteiger partial charge in [-0.3, -0.25) is 13.8 Å². The quantitative estimate of drug-likeness (QED) is 0.0340. The number of aliphatic hydroxyl groups is 2. The van der Waals surface area contributed by atoms with E-state index < -0.39 is 33.2 Å². The maximum Gasteiger partial charge on any atom is 0.472 e. The van der Waals surface area contributed by atoms with Crippen molar-refractivity contribution in [3.8, 4) is 0 Å². The van der Waals surface area contributed by atoms with Crippen molar-refractivity contribution in [2.24, 2.45) is 0 Å². The minimum atomic E-state index is -4.50. The summed E-state index contributed by atoms with van der Waals surface area (Å²) in [6, 6.07) is 0. The fourth-order valence-corrected chi connectivity index (χ4v) is 5.97. The van der Waals surface area contributed by atoms with Crippen LogP contribution in [0.2, 0.25) is 0 Å². The van der Waals surface area contributed by atoms with Crippen LogP contribution in [0.25, 0.3) is 0 Å². The molecule has 0 saturated carbocycles. The molecule has 0 aromatic carbocycles. The van der Waals surface area contributed by atoms with Crippen LogP contribution in [0.4, 0.5) is 0 Å². The number of unbranched alkanes of at least 4 members (excludes halogenated alkanes) is 22. The van der Waals surface area contributed by atoms with Crippen molar-refractivity contribution in [3.05, 3.63) is 0 Å². The third-order valence-corrected chi connectivity index (χ3v) is 8.99. The normalized spacial score (nSPS) is 14.3. The molecule has 0 radical (unpaired) electrons. The van der Waals surface area contributed by atoms with Crippen molar-refractivity contribution < 1.29 is 43.0 Å². The lowest BCUT2D eigenvalue weighted by atomic mass is 10.0. The number of ether oxygens (including phenoxy) is 2. The van der Waals surface area contributed by atoms with Crippen LogP contribution in [-0.4, -0.2) is 66.3 Å². The maximum absolute atomic E-state index is 12.5. The van der Waals surface area contributed by atoms with E-state index in [1.807, 2.05) is 0 Å². The molecule has 3 unspecified atom stereocenters. The molecule has 0 aliphatic heterocycles. The number of hydrogen-bond donors (Lipinski definition) is 3. The molecule has 9 nitrogen and oxygen atoms in total. The minimum absolute atomic E-state index is 0.0564. The Kier molecular flexibility index (Phi) is 33.0. The molecule has 0 aliphatic carbocycles. The first-order valence-electron chi connectivity index (χ1n) is 18.5. The van der Waals surface area contributed by atoms with Crippen molar-refractivity contribution in [3.63, 3.8) is 0 Å². The maximum atomic E-state index is 12.5. The minimum Gasteiger partial charge on any atom is -0.457 e. The lowest BCUT2D eigenvalue weighted by molar-refractivity contribution is -0.154. The molecule has 0 aromatic rings. The van der Waals surface area contributed by atoms with Crippen molar-refractivity contribution in [2.45, 2.75) is 187 Å². The van der Waals surface area contributed by atoms with Gasteiger partial charge in [0.15, 0.2) is 0 Å². The molecule has 45 heavy (non-hydrogen) atoms. The van der Waals surface area contributed by atoms with Crippen LogP contribution in [0, 0.1) is 0 Å². The Morgan fingerprint density at radius 1 is 0.600 bits per heavy atom. The number of aliphatic hydroxyl groups excluding tert-OH is 2. The SMILES string of the molecule is CCCCCCCCCCCCCCCCCC(=O)OC(COCCCCCCCCCCC)COP(=O)(O)OCC(O)CO. The molecule has 10 heteroatoms. The molecule has 270 valence electrons. The highest BCUT2D eigenvalue weighted by Gasteiger charge is 2.26. The molecule has 0 saturated heterocycles. The van der Waals surface area contributed by atoms with Gasteiger partial charge in [-0.15, -0.1) is 0 Å². The molecule has 3 N–H and O–H groups in total. The largest absolute Gasteiger partial charge is 0.472 e. The molecule has 0 heterocycles. The van der Waals surface area contributed by atoms with E-state index in [4.69, 9.17) is 23.6 Å². The Hall–Kier alpha value is -0.540. The molecule has 0 amide bonds. The van der Waals surface area contributed by atoms with E-state index in [1.165, 1.54) is 122 Å². The van der Waals surface area contributed by atoms with E-state index in [0.29, 0.717) is 6.61 Å². The second kappa shape index (κ2) is 33.4. The average molecular weight is 667 g/mol. The van der Waals surface area contributed by atoms with Gasteiger partial charge < -0.3 is 24.6 Å². The molecule has 0 rings (SSSR count). The smallest absolute Gasteiger partial charge is 0.457 e. The van der Waals surface area contributed by atoms with Crippen LogP contribution in [0.3, 0.4) is 0 Å². The summed E-state index contributed by atoms with van der Waals surface area (Å²) in [7, 11) is -4.50. The Labute approximate surface area is 276 Å². The number of hydrogen-bond acceptors (Lipinski definition) is 8. The lowest BCUT2D eigenvalue weighted by Gasteiger charge is -2.20. The van der Waals surface area contributed by atoms with Crippen molar-refractivity contribution in [1.82, 2.24) is 0 Å². The number of phosphoric acid groups is 1. The van der Waals surface area contributed by atoms with Crippen LogP contribution in [-0.2, 0) is 27.9 Å². The zero-order chi connectivity index (χ0) is 33.3. The number of esters is 1. The highest BCUT2D eigenvalue weighted by atomic mass is 31.2. The van der Waals surface area contributed by atoms with E-state index in [-0.39, 0.29) is 25.6 Å². The summed E-state index contributed by atoms with van der Waals surface area (Å²) in [5.41, 5.74) is 0. The van der Waals surface area contributed by atoms with Gasteiger partial charge in [0.05, 0.1) is 26.4 Å². The monoisotopic (exact) mass is 666 g/mol. The van der Waals surface area contributed by atoms with Crippen LogP contribution in [0.1, 0.15) is 174 Å². The lowest BCUT2D eigenvalue weighted by Crippen LogP contribution is -2.29. The highest BCUT2D eigenvalue weighted by Crippen LogP contribution is 2.43. The number of rotatable bonds is 36. The van der Waals surface area contributed by atoms with Crippen LogP contribution in [0.15, 0.2) is 0 Å². The third-order valence-electron chi connectivity index (χ3n) is 8.04. The van der Waals surface area contributed by atoms with E-state index in [2.05, 4.69) is 13.8 Å². The van der Waals surface area contributed by atoms with E-state index in [0.717, 1.165) is 32.1 Å².